The van der Waals surface area contributed by atoms with Crippen molar-refractivity contribution >= 4 is 11.4 Å². The lowest BCUT2D eigenvalue weighted by Crippen LogP contribution is -1.96. The molecule has 1 heterocycles. The Balaban J connectivity index is 2.62. The predicted molar refractivity (Wildman–Crippen MR) is 52.9 cm³/mol. The second kappa shape index (κ2) is 3.81. The zero-order chi connectivity index (χ0) is 12.6. The van der Waals surface area contributed by atoms with Crippen LogP contribution in [0.15, 0.2) is 22.9 Å². The highest BCUT2D eigenvalue weighted by molar-refractivity contribution is 5.71. The smallest absolute Gasteiger partial charge is 0.307 e. The van der Waals surface area contributed by atoms with Gasteiger partial charge in [-0.3, -0.25) is 10.1 Å². The first-order valence-electron chi connectivity index (χ1n) is 4.34. The summed E-state index contributed by atoms with van der Waals surface area (Å²) in [6.45, 7) is 0. The molecule has 0 fully saturated rings. The molecule has 0 aliphatic rings. The van der Waals surface area contributed by atoms with Crippen LogP contribution in [0.4, 0.5) is 20.2 Å². The molecular formula is C9H5F2N3O3. The van der Waals surface area contributed by atoms with Crippen LogP contribution >= 0.6 is 0 Å². The number of halogens is 2. The number of nitro benzene ring substituents is 1. The van der Waals surface area contributed by atoms with Gasteiger partial charge in [0.05, 0.1) is 22.7 Å². The van der Waals surface area contributed by atoms with E-state index in [0.717, 1.165) is 6.20 Å². The molecule has 17 heavy (non-hydrogen) atoms. The van der Waals surface area contributed by atoms with E-state index in [4.69, 9.17) is 5.73 Å². The van der Waals surface area contributed by atoms with Crippen molar-refractivity contribution in [1.82, 2.24) is 5.16 Å². The number of nitrogen functional groups attached to an aromatic ring is 1. The molecule has 0 atom stereocenters. The first-order valence-corrected chi connectivity index (χ1v) is 4.34. The molecule has 0 spiro atoms. The second-order valence-electron chi connectivity index (χ2n) is 3.15. The van der Waals surface area contributed by atoms with Crippen LogP contribution < -0.4 is 5.73 Å². The lowest BCUT2D eigenvalue weighted by molar-refractivity contribution is -0.387. The van der Waals surface area contributed by atoms with Crippen LogP contribution in [0.1, 0.15) is 0 Å². The third-order valence-corrected chi connectivity index (χ3v) is 2.08. The minimum atomic E-state index is -1.18. The number of nitrogens with zero attached hydrogens (tertiary/aromatic N) is 2. The van der Waals surface area contributed by atoms with Crippen LogP contribution in [-0.4, -0.2) is 10.1 Å². The summed E-state index contributed by atoms with van der Waals surface area (Å²) in [6, 6.07) is 1.11. The number of hydrogen-bond acceptors (Lipinski definition) is 5. The lowest BCUT2D eigenvalue weighted by atomic mass is 10.1. The van der Waals surface area contributed by atoms with Gasteiger partial charge in [-0.25, -0.2) is 4.39 Å². The molecule has 0 saturated carbocycles. The van der Waals surface area contributed by atoms with Gasteiger partial charge in [-0.1, -0.05) is 5.16 Å². The van der Waals surface area contributed by atoms with E-state index in [-0.39, 0.29) is 17.0 Å². The molecule has 88 valence electrons. The van der Waals surface area contributed by atoms with Gasteiger partial charge in [0.2, 0.25) is 5.82 Å². The molecule has 2 N–H and O–H groups in total. The van der Waals surface area contributed by atoms with E-state index < -0.39 is 22.2 Å². The van der Waals surface area contributed by atoms with E-state index in [0.29, 0.717) is 12.1 Å². The van der Waals surface area contributed by atoms with Crippen molar-refractivity contribution in [2.45, 2.75) is 0 Å². The first kappa shape index (κ1) is 11.0. The lowest BCUT2D eigenvalue weighted by Gasteiger charge is -2.01. The molecule has 0 bridgehead atoms. The molecule has 0 amide bonds. The van der Waals surface area contributed by atoms with Gasteiger partial charge in [-0.2, -0.15) is 4.39 Å². The van der Waals surface area contributed by atoms with Crippen molar-refractivity contribution < 1.29 is 18.2 Å². The van der Waals surface area contributed by atoms with E-state index in [2.05, 4.69) is 9.68 Å². The SMILES string of the molecule is Nc1cnoc1-c1cc(F)c([N+](=O)[O-])cc1F. The number of benzene rings is 1. The van der Waals surface area contributed by atoms with Crippen LogP contribution in [0, 0.1) is 21.7 Å². The summed E-state index contributed by atoms with van der Waals surface area (Å²) in [6.07, 6.45) is 1.12. The topological polar surface area (TPSA) is 95.2 Å². The van der Waals surface area contributed by atoms with Gasteiger partial charge < -0.3 is 10.3 Å². The van der Waals surface area contributed by atoms with Crippen LogP contribution in [0.5, 0.6) is 0 Å². The molecule has 8 heteroatoms. The Morgan fingerprint density at radius 1 is 1.35 bits per heavy atom. The van der Waals surface area contributed by atoms with E-state index >= 15 is 0 Å². The summed E-state index contributed by atoms with van der Waals surface area (Å²) in [4.78, 5) is 9.36. The van der Waals surface area contributed by atoms with Crippen molar-refractivity contribution in [3.8, 4) is 11.3 Å². The minimum Gasteiger partial charge on any atom is -0.394 e. The monoisotopic (exact) mass is 241 g/mol. The Labute approximate surface area is 92.8 Å². The van der Waals surface area contributed by atoms with Gasteiger partial charge in [0, 0.05) is 0 Å². The number of anilines is 1. The Morgan fingerprint density at radius 2 is 2.06 bits per heavy atom. The van der Waals surface area contributed by atoms with E-state index in [9.17, 15) is 18.9 Å². The fourth-order valence-electron chi connectivity index (χ4n) is 1.30. The Morgan fingerprint density at radius 3 is 2.59 bits per heavy atom. The van der Waals surface area contributed by atoms with Crippen molar-refractivity contribution in [2.24, 2.45) is 0 Å². The summed E-state index contributed by atoms with van der Waals surface area (Å²) < 4.78 is 31.4. The van der Waals surface area contributed by atoms with Gasteiger partial charge in [-0.05, 0) is 6.07 Å². The average Bonchev–Trinajstić information content (AvgIpc) is 2.67. The standard InChI is InChI=1S/C9H5F2N3O3/c10-5-2-8(14(15)16)6(11)1-4(5)9-7(12)3-13-17-9/h1-3H,12H2. The van der Waals surface area contributed by atoms with Gasteiger partial charge in [0.1, 0.15) is 11.5 Å². The normalized spacial score (nSPS) is 10.5. The summed E-state index contributed by atoms with van der Waals surface area (Å²) >= 11 is 0. The van der Waals surface area contributed by atoms with E-state index in [1.807, 2.05) is 0 Å². The van der Waals surface area contributed by atoms with Gasteiger partial charge in [0.25, 0.3) is 0 Å². The highest BCUT2D eigenvalue weighted by atomic mass is 19.1. The zero-order valence-corrected chi connectivity index (χ0v) is 8.18. The fourth-order valence-corrected chi connectivity index (χ4v) is 1.30. The molecule has 6 nitrogen and oxygen atoms in total. The Hall–Kier alpha value is -2.51. The maximum absolute atomic E-state index is 13.5. The maximum Gasteiger partial charge on any atom is 0.307 e. The molecular weight excluding hydrogens is 236 g/mol. The highest BCUT2D eigenvalue weighted by Gasteiger charge is 2.22. The Bertz CT molecular complexity index is 597. The van der Waals surface area contributed by atoms with E-state index in [1.54, 1.807) is 0 Å². The fraction of sp³-hybridized carbons (Fsp3) is 0. The molecule has 2 rings (SSSR count). The van der Waals surface area contributed by atoms with Gasteiger partial charge in [-0.15, -0.1) is 0 Å². The predicted octanol–water partition coefficient (Wildman–Crippen LogP) is 2.11. The molecule has 2 aromatic rings. The number of hydrogen-bond donors (Lipinski definition) is 1. The molecule has 0 saturated heterocycles. The van der Waals surface area contributed by atoms with Crippen LogP contribution in [0.25, 0.3) is 11.3 Å². The number of nitrogens with two attached hydrogens (primary N) is 1. The quantitative estimate of drug-likeness (QED) is 0.641. The zero-order valence-electron chi connectivity index (χ0n) is 8.18. The number of aromatic nitrogens is 1. The molecule has 0 aliphatic heterocycles. The molecule has 1 aromatic carbocycles. The first-order chi connectivity index (χ1) is 8.00. The largest absolute Gasteiger partial charge is 0.394 e. The third-order valence-electron chi connectivity index (χ3n) is 2.08. The van der Waals surface area contributed by atoms with Crippen LogP contribution in [0.2, 0.25) is 0 Å². The van der Waals surface area contributed by atoms with Crippen LogP contribution in [0.3, 0.4) is 0 Å². The average molecular weight is 241 g/mol. The summed E-state index contributed by atoms with van der Waals surface area (Å²) in [7, 11) is 0. The molecule has 1 aromatic heterocycles. The number of nitro groups is 1. The van der Waals surface area contributed by atoms with Crippen molar-refractivity contribution in [3.63, 3.8) is 0 Å². The third kappa shape index (κ3) is 1.80. The summed E-state index contributed by atoms with van der Waals surface area (Å²) in [5, 5.41) is 13.7. The van der Waals surface area contributed by atoms with Crippen molar-refractivity contribution in [1.29, 1.82) is 0 Å². The Kier molecular flexibility index (Phi) is 2.47. The van der Waals surface area contributed by atoms with E-state index in [1.165, 1.54) is 0 Å². The van der Waals surface area contributed by atoms with Gasteiger partial charge in [0.15, 0.2) is 5.76 Å². The van der Waals surface area contributed by atoms with Crippen LogP contribution in [-0.2, 0) is 0 Å². The van der Waals surface area contributed by atoms with Crippen molar-refractivity contribution in [2.75, 3.05) is 5.73 Å². The summed E-state index contributed by atoms with van der Waals surface area (Å²) in [5.74, 6) is -2.36. The second-order valence-corrected chi connectivity index (χ2v) is 3.15. The molecule has 0 unspecified atom stereocenters. The van der Waals surface area contributed by atoms with Gasteiger partial charge >= 0.3 is 5.69 Å². The minimum absolute atomic E-state index is 0.0113. The maximum atomic E-state index is 13.5. The molecule has 0 aliphatic carbocycles. The number of rotatable bonds is 2. The summed E-state index contributed by atoms with van der Waals surface area (Å²) in [5.41, 5.74) is 4.15. The van der Waals surface area contributed by atoms with Crippen molar-refractivity contribution in [3.05, 3.63) is 40.1 Å². The molecule has 0 radical (unpaired) electrons. The highest BCUT2D eigenvalue weighted by Crippen LogP contribution is 2.31.